The zero-order chi connectivity index (χ0) is 7.19. The highest BCUT2D eigenvalue weighted by atomic mass is 15.3. The van der Waals surface area contributed by atoms with Crippen LogP contribution in [0.4, 0.5) is 0 Å². The lowest BCUT2D eigenvalue weighted by Crippen LogP contribution is -2.71. The molecule has 56 valence electrons. The van der Waals surface area contributed by atoms with Crippen molar-refractivity contribution in [1.29, 1.82) is 0 Å². The molecule has 0 saturated carbocycles. The maximum atomic E-state index is 2.52. The van der Waals surface area contributed by atoms with E-state index in [1.165, 1.54) is 32.7 Å². The van der Waals surface area contributed by atoms with Gasteiger partial charge in [-0.05, 0) is 19.6 Å². The second-order valence-corrected chi connectivity index (χ2v) is 3.98. The van der Waals surface area contributed by atoms with E-state index in [0.717, 1.165) is 5.41 Å². The van der Waals surface area contributed by atoms with Gasteiger partial charge in [-0.1, -0.05) is 6.92 Å². The molecule has 2 saturated heterocycles. The van der Waals surface area contributed by atoms with Gasteiger partial charge in [0.2, 0.25) is 0 Å². The molecule has 0 aromatic rings. The summed E-state index contributed by atoms with van der Waals surface area (Å²) >= 11 is 0. The third kappa shape index (κ3) is 0.806. The average molecular weight is 138 g/mol. The maximum absolute atomic E-state index is 2.52. The Morgan fingerprint density at radius 2 is 1.90 bits per heavy atom. The molecule has 2 aliphatic rings. The van der Waals surface area contributed by atoms with Crippen molar-refractivity contribution >= 4 is 7.98 Å². The van der Waals surface area contributed by atoms with Crippen LogP contribution < -0.4 is 0 Å². The lowest BCUT2D eigenvalue weighted by molar-refractivity contribution is -0.0778. The summed E-state index contributed by atoms with van der Waals surface area (Å²) in [6.45, 7) is 8.87. The third-order valence-corrected chi connectivity index (χ3v) is 2.78. The van der Waals surface area contributed by atoms with E-state index in [1.54, 1.807) is 0 Å². The Morgan fingerprint density at radius 1 is 1.30 bits per heavy atom. The predicted molar refractivity (Wildman–Crippen MR) is 44.7 cm³/mol. The molecule has 0 radical (unpaired) electrons. The molecule has 2 aliphatic heterocycles. The van der Waals surface area contributed by atoms with Gasteiger partial charge in [0.15, 0.2) is 7.98 Å². The van der Waals surface area contributed by atoms with Crippen LogP contribution in [0.5, 0.6) is 0 Å². The Balaban J connectivity index is 1.80. The fourth-order valence-corrected chi connectivity index (χ4v) is 2.42. The van der Waals surface area contributed by atoms with E-state index in [0.29, 0.717) is 0 Å². The van der Waals surface area contributed by atoms with Crippen molar-refractivity contribution in [3.63, 3.8) is 0 Å². The Hall–Kier alpha value is -0.0151. The minimum atomic E-state index is 0.741. The molecule has 2 fully saturated rings. The largest absolute Gasteiger partial charge is 0.347 e. The van der Waals surface area contributed by atoms with Crippen LogP contribution >= 0.6 is 0 Å². The Morgan fingerprint density at radius 3 is 2.30 bits per heavy atom. The summed E-state index contributed by atoms with van der Waals surface area (Å²) in [5.41, 5.74) is 0.741. The van der Waals surface area contributed by atoms with Crippen LogP contribution in [0.3, 0.4) is 0 Å². The second kappa shape index (κ2) is 1.99. The smallest absolute Gasteiger partial charge is 0.185 e. The lowest BCUT2D eigenvalue weighted by atomic mass is 9.71. The molecule has 0 aromatic carbocycles. The molecule has 0 aromatic heterocycles. The Labute approximate surface area is 63.6 Å². The van der Waals surface area contributed by atoms with Gasteiger partial charge in [-0.2, -0.15) is 0 Å². The van der Waals surface area contributed by atoms with Crippen molar-refractivity contribution in [2.24, 2.45) is 5.41 Å². The van der Waals surface area contributed by atoms with E-state index in [4.69, 9.17) is 0 Å². The molecule has 0 unspecified atom stereocenters. The fourth-order valence-electron chi connectivity index (χ4n) is 2.42. The van der Waals surface area contributed by atoms with Gasteiger partial charge < -0.3 is 9.71 Å². The topological polar surface area (TPSA) is 6.48 Å². The minimum Gasteiger partial charge on any atom is -0.347 e. The zero-order valence-corrected chi connectivity index (χ0v) is 6.93. The summed E-state index contributed by atoms with van der Waals surface area (Å²) in [6.07, 6.45) is 0. The van der Waals surface area contributed by atoms with Crippen LogP contribution in [0.15, 0.2) is 0 Å². The highest BCUT2D eigenvalue weighted by Crippen LogP contribution is 2.37. The van der Waals surface area contributed by atoms with Crippen LogP contribution in [0, 0.1) is 5.41 Å². The molecule has 1 spiro atoms. The summed E-state index contributed by atoms with van der Waals surface area (Å²) in [7, 11) is 2.21. The van der Waals surface area contributed by atoms with E-state index in [-0.39, 0.29) is 0 Å². The summed E-state index contributed by atoms with van der Waals surface area (Å²) in [6, 6.07) is 0. The highest BCUT2D eigenvalue weighted by Gasteiger charge is 2.48. The van der Waals surface area contributed by atoms with Gasteiger partial charge >= 0.3 is 0 Å². The SMILES string of the molecule is BN1CC2(C1)CN(CC)C2. The van der Waals surface area contributed by atoms with E-state index in [9.17, 15) is 0 Å². The number of hydrogen-bond donors (Lipinski definition) is 0. The van der Waals surface area contributed by atoms with Crippen LogP contribution in [0.1, 0.15) is 6.92 Å². The Bertz CT molecular complexity index is 135. The first-order valence-electron chi connectivity index (χ1n) is 4.15. The van der Waals surface area contributed by atoms with E-state index in [1.807, 2.05) is 0 Å². The van der Waals surface area contributed by atoms with Crippen molar-refractivity contribution in [3.05, 3.63) is 0 Å². The maximum Gasteiger partial charge on any atom is 0.185 e. The van der Waals surface area contributed by atoms with Crippen molar-refractivity contribution in [1.82, 2.24) is 9.71 Å². The first-order valence-corrected chi connectivity index (χ1v) is 4.15. The molecule has 2 heterocycles. The average Bonchev–Trinajstić information content (AvgIpc) is 1.74. The third-order valence-electron chi connectivity index (χ3n) is 2.78. The van der Waals surface area contributed by atoms with Gasteiger partial charge in [0.25, 0.3) is 0 Å². The number of nitrogens with zero attached hydrogens (tertiary/aromatic N) is 2. The molecular weight excluding hydrogens is 123 g/mol. The second-order valence-electron chi connectivity index (χ2n) is 3.98. The van der Waals surface area contributed by atoms with Gasteiger partial charge in [0.05, 0.1) is 0 Å². The van der Waals surface area contributed by atoms with Crippen molar-refractivity contribution < 1.29 is 0 Å². The van der Waals surface area contributed by atoms with Gasteiger partial charge in [-0.3, -0.25) is 0 Å². The molecule has 0 amide bonds. The predicted octanol–water partition coefficient (Wildman–Crippen LogP) is -0.828. The van der Waals surface area contributed by atoms with Gasteiger partial charge in [-0.25, -0.2) is 0 Å². The lowest BCUT2D eigenvalue weighted by Gasteiger charge is -2.60. The minimum absolute atomic E-state index is 0.741. The van der Waals surface area contributed by atoms with E-state index in [2.05, 4.69) is 24.6 Å². The van der Waals surface area contributed by atoms with Crippen LogP contribution in [-0.4, -0.2) is 50.4 Å². The van der Waals surface area contributed by atoms with Crippen LogP contribution in [-0.2, 0) is 0 Å². The quantitative estimate of drug-likeness (QED) is 0.436. The Kier molecular flexibility index (Phi) is 1.33. The normalized spacial score (nSPS) is 31.7. The monoisotopic (exact) mass is 138 g/mol. The fraction of sp³-hybridized carbons (Fsp3) is 1.00. The van der Waals surface area contributed by atoms with Gasteiger partial charge in [-0.15, -0.1) is 0 Å². The van der Waals surface area contributed by atoms with Crippen LogP contribution in [0.2, 0.25) is 0 Å². The van der Waals surface area contributed by atoms with E-state index < -0.39 is 0 Å². The molecule has 2 rings (SSSR count). The molecule has 0 N–H and O–H groups in total. The standard InChI is InChI=1S/C7H15BN2/c1-2-9-3-7(4-9)5-10(8)6-7/h2-6,8H2,1H3. The highest BCUT2D eigenvalue weighted by molar-refractivity contribution is 6.05. The molecule has 0 aliphatic carbocycles. The molecule has 0 atom stereocenters. The van der Waals surface area contributed by atoms with Crippen molar-refractivity contribution in [2.45, 2.75) is 6.92 Å². The zero-order valence-electron chi connectivity index (χ0n) is 6.93. The first-order chi connectivity index (χ1) is 4.74. The van der Waals surface area contributed by atoms with Crippen LogP contribution in [0.25, 0.3) is 0 Å². The van der Waals surface area contributed by atoms with Crippen molar-refractivity contribution in [3.8, 4) is 0 Å². The summed E-state index contributed by atoms with van der Waals surface area (Å²) in [4.78, 5) is 4.93. The molecule has 10 heavy (non-hydrogen) atoms. The molecular formula is C7H15BN2. The van der Waals surface area contributed by atoms with E-state index >= 15 is 0 Å². The first kappa shape index (κ1) is 6.68. The number of hydrogen-bond acceptors (Lipinski definition) is 2. The summed E-state index contributed by atoms with van der Waals surface area (Å²) in [5, 5.41) is 0. The summed E-state index contributed by atoms with van der Waals surface area (Å²) in [5.74, 6) is 0. The molecule has 3 heteroatoms. The number of likely N-dealkylation sites (tertiary alicyclic amines) is 1. The number of rotatable bonds is 1. The van der Waals surface area contributed by atoms with Gasteiger partial charge in [0, 0.05) is 18.5 Å². The molecule has 0 bridgehead atoms. The van der Waals surface area contributed by atoms with Gasteiger partial charge in [0.1, 0.15) is 0 Å². The molecule has 2 nitrogen and oxygen atoms in total. The summed E-state index contributed by atoms with van der Waals surface area (Å²) < 4.78 is 0. The van der Waals surface area contributed by atoms with Crippen molar-refractivity contribution in [2.75, 3.05) is 32.7 Å².